The van der Waals surface area contributed by atoms with Crippen molar-refractivity contribution in [2.24, 2.45) is 0 Å². The van der Waals surface area contributed by atoms with Gasteiger partial charge in [-0.15, -0.1) is 0 Å². The van der Waals surface area contributed by atoms with E-state index in [0.29, 0.717) is 11.4 Å². The van der Waals surface area contributed by atoms with Crippen molar-refractivity contribution in [2.75, 3.05) is 0 Å². The van der Waals surface area contributed by atoms with Crippen molar-refractivity contribution in [3.05, 3.63) is 36.1 Å². The molecule has 0 saturated carbocycles. The quantitative estimate of drug-likeness (QED) is 0.641. The van der Waals surface area contributed by atoms with Crippen LogP contribution in [0.4, 0.5) is 0 Å². The zero-order chi connectivity index (χ0) is 12.7. The summed E-state index contributed by atoms with van der Waals surface area (Å²) >= 11 is 0. The standard InChI is InChI=1S/C12H8N2O4/c15-7-2-1-6-3-9(13-8(6)4-7)10-5-11(12(16)17)18-14-10/h1-5,13,15H,(H,16,17). The van der Waals surface area contributed by atoms with E-state index in [2.05, 4.69) is 14.7 Å². The Hall–Kier alpha value is -2.76. The number of hydrogen-bond acceptors (Lipinski definition) is 4. The fraction of sp³-hybridized carbons (Fsp3) is 0. The number of benzene rings is 1. The summed E-state index contributed by atoms with van der Waals surface area (Å²) in [4.78, 5) is 13.7. The van der Waals surface area contributed by atoms with Gasteiger partial charge in [-0.2, -0.15) is 0 Å². The van der Waals surface area contributed by atoms with Crippen LogP contribution in [0.5, 0.6) is 5.75 Å². The van der Waals surface area contributed by atoms with Gasteiger partial charge in [0.05, 0.1) is 5.69 Å². The van der Waals surface area contributed by atoms with E-state index in [-0.39, 0.29) is 11.5 Å². The van der Waals surface area contributed by atoms with Crippen LogP contribution in [0.1, 0.15) is 10.6 Å². The minimum absolute atomic E-state index is 0.155. The smallest absolute Gasteiger partial charge is 0.374 e. The first kappa shape index (κ1) is 10.4. The number of nitrogens with one attached hydrogen (secondary N) is 1. The lowest BCUT2D eigenvalue weighted by Crippen LogP contribution is -1.91. The molecule has 1 aromatic carbocycles. The van der Waals surface area contributed by atoms with Gasteiger partial charge in [0.1, 0.15) is 11.4 Å². The molecule has 0 aliphatic carbocycles. The topological polar surface area (TPSA) is 99.3 Å². The maximum Gasteiger partial charge on any atom is 0.374 e. The maximum absolute atomic E-state index is 10.7. The van der Waals surface area contributed by atoms with Crippen LogP contribution < -0.4 is 0 Å². The molecule has 0 unspecified atom stereocenters. The second-order valence-corrected chi connectivity index (χ2v) is 3.84. The third-order valence-electron chi connectivity index (χ3n) is 2.60. The van der Waals surface area contributed by atoms with Crippen molar-refractivity contribution in [3.8, 4) is 17.1 Å². The highest BCUT2D eigenvalue weighted by Gasteiger charge is 2.13. The van der Waals surface area contributed by atoms with Gasteiger partial charge in [-0.25, -0.2) is 4.79 Å². The molecule has 2 heterocycles. The largest absolute Gasteiger partial charge is 0.508 e. The van der Waals surface area contributed by atoms with Gasteiger partial charge in [-0.3, -0.25) is 0 Å². The van der Waals surface area contributed by atoms with E-state index in [0.717, 1.165) is 10.9 Å². The predicted molar refractivity (Wildman–Crippen MR) is 62.4 cm³/mol. The lowest BCUT2D eigenvalue weighted by atomic mass is 10.2. The van der Waals surface area contributed by atoms with E-state index in [1.807, 2.05) is 0 Å². The van der Waals surface area contributed by atoms with Crippen LogP contribution in [0.25, 0.3) is 22.3 Å². The van der Waals surface area contributed by atoms with Crippen molar-refractivity contribution in [3.63, 3.8) is 0 Å². The average Bonchev–Trinajstić information content (AvgIpc) is 2.93. The second kappa shape index (κ2) is 3.63. The molecule has 0 amide bonds. The Bertz CT molecular complexity index is 741. The minimum atomic E-state index is -1.16. The highest BCUT2D eigenvalue weighted by atomic mass is 16.5. The summed E-state index contributed by atoms with van der Waals surface area (Å²) in [5.41, 5.74) is 1.78. The van der Waals surface area contributed by atoms with Crippen LogP contribution in [-0.2, 0) is 0 Å². The molecule has 0 aliphatic rings. The molecule has 0 radical (unpaired) electrons. The Morgan fingerprint density at radius 3 is 2.83 bits per heavy atom. The number of fused-ring (bicyclic) bond motifs is 1. The molecule has 0 fully saturated rings. The number of nitrogens with zero attached hydrogens (tertiary/aromatic N) is 1. The molecule has 3 aromatic rings. The minimum Gasteiger partial charge on any atom is -0.508 e. The summed E-state index contributed by atoms with van der Waals surface area (Å²) in [6.45, 7) is 0. The van der Waals surface area contributed by atoms with Crippen LogP contribution in [0.15, 0.2) is 34.9 Å². The Kier molecular flexibility index (Phi) is 2.09. The first-order valence-corrected chi connectivity index (χ1v) is 5.15. The molecular formula is C12H8N2O4. The monoisotopic (exact) mass is 244 g/mol. The molecule has 0 saturated heterocycles. The molecular weight excluding hydrogens is 236 g/mol. The lowest BCUT2D eigenvalue weighted by molar-refractivity contribution is 0.0652. The van der Waals surface area contributed by atoms with E-state index >= 15 is 0 Å². The summed E-state index contributed by atoms with van der Waals surface area (Å²) < 4.78 is 4.68. The highest BCUT2D eigenvalue weighted by molar-refractivity contribution is 5.88. The van der Waals surface area contributed by atoms with Crippen molar-refractivity contribution in [1.82, 2.24) is 10.1 Å². The summed E-state index contributed by atoms with van der Waals surface area (Å²) in [5.74, 6) is -1.23. The molecule has 6 heteroatoms. The van der Waals surface area contributed by atoms with Crippen molar-refractivity contribution in [2.45, 2.75) is 0 Å². The van der Waals surface area contributed by atoms with Gasteiger partial charge in [0.2, 0.25) is 5.76 Å². The number of aromatic amines is 1. The molecule has 3 N–H and O–H groups in total. The third kappa shape index (κ3) is 1.60. The van der Waals surface area contributed by atoms with Gasteiger partial charge in [0, 0.05) is 23.0 Å². The highest BCUT2D eigenvalue weighted by Crippen LogP contribution is 2.26. The fourth-order valence-corrected chi connectivity index (χ4v) is 1.76. The number of aromatic nitrogens is 2. The number of phenols is 1. The summed E-state index contributed by atoms with van der Waals surface area (Å²) in [6, 6.07) is 8.05. The predicted octanol–water partition coefficient (Wildman–Crippen LogP) is 2.23. The normalized spacial score (nSPS) is 10.9. The van der Waals surface area contributed by atoms with Gasteiger partial charge in [0.15, 0.2) is 0 Å². The van der Waals surface area contributed by atoms with Crippen LogP contribution >= 0.6 is 0 Å². The molecule has 90 valence electrons. The Labute approximate surface area is 100 Å². The maximum atomic E-state index is 10.7. The molecule has 2 aromatic heterocycles. The number of carboxylic acid groups (broad SMARTS) is 1. The molecule has 0 spiro atoms. The van der Waals surface area contributed by atoms with Crippen LogP contribution in [0.2, 0.25) is 0 Å². The number of carbonyl (C=O) groups is 1. The fourth-order valence-electron chi connectivity index (χ4n) is 1.76. The van der Waals surface area contributed by atoms with E-state index in [1.54, 1.807) is 24.3 Å². The van der Waals surface area contributed by atoms with Gasteiger partial charge in [0.25, 0.3) is 0 Å². The first-order chi connectivity index (χ1) is 8.63. The Morgan fingerprint density at radius 2 is 2.11 bits per heavy atom. The van der Waals surface area contributed by atoms with Gasteiger partial charge >= 0.3 is 5.97 Å². The Balaban J connectivity index is 2.10. The van der Waals surface area contributed by atoms with Crippen molar-refractivity contribution < 1.29 is 19.5 Å². The number of hydrogen-bond donors (Lipinski definition) is 3. The number of H-pyrrole nitrogens is 1. The van der Waals surface area contributed by atoms with Gasteiger partial charge in [-0.1, -0.05) is 5.16 Å². The molecule has 0 bridgehead atoms. The number of carboxylic acids is 1. The number of phenolic OH excluding ortho intramolecular Hbond substituents is 1. The second-order valence-electron chi connectivity index (χ2n) is 3.84. The zero-order valence-corrected chi connectivity index (χ0v) is 9.04. The number of aromatic hydroxyl groups is 1. The average molecular weight is 244 g/mol. The number of rotatable bonds is 2. The molecule has 18 heavy (non-hydrogen) atoms. The van der Waals surface area contributed by atoms with E-state index in [1.165, 1.54) is 6.07 Å². The van der Waals surface area contributed by atoms with Crippen LogP contribution in [-0.4, -0.2) is 26.3 Å². The summed E-state index contributed by atoms with van der Waals surface area (Å²) in [5, 5.41) is 22.7. The van der Waals surface area contributed by atoms with E-state index < -0.39 is 5.97 Å². The molecule has 3 rings (SSSR count). The van der Waals surface area contributed by atoms with Crippen molar-refractivity contribution in [1.29, 1.82) is 0 Å². The SMILES string of the molecule is O=C(O)c1cc(-c2cc3ccc(O)cc3[nH]2)no1. The van der Waals surface area contributed by atoms with Gasteiger partial charge < -0.3 is 19.7 Å². The Morgan fingerprint density at radius 1 is 1.28 bits per heavy atom. The first-order valence-electron chi connectivity index (χ1n) is 5.15. The number of aromatic carboxylic acids is 1. The zero-order valence-electron chi connectivity index (χ0n) is 9.04. The summed E-state index contributed by atoms with van der Waals surface area (Å²) in [7, 11) is 0. The summed E-state index contributed by atoms with van der Waals surface area (Å²) in [6.07, 6.45) is 0. The van der Waals surface area contributed by atoms with Gasteiger partial charge in [-0.05, 0) is 18.2 Å². The van der Waals surface area contributed by atoms with E-state index in [4.69, 9.17) is 5.11 Å². The third-order valence-corrected chi connectivity index (χ3v) is 2.60. The molecule has 0 atom stereocenters. The molecule has 6 nitrogen and oxygen atoms in total. The van der Waals surface area contributed by atoms with E-state index in [9.17, 15) is 9.90 Å². The van der Waals surface area contributed by atoms with Crippen LogP contribution in [0.3, 0.4) is 0 Å². The lowest BCUT2D eigenvalue weighted by Gasteiger charge is -1.90. The van der Waals surface area contributed by atoms with Crippen LogP contribution in [0, 0.1) is 0 Å². The molecule has 0 aliphatic heterocycles. The van der Waals surface area contributed by atoms with Crippen molar-refractivity contribution >= 4 is 16.9 Å².